The summed E-state index contributed by atoms with van der Waals surface area (Å²) in [5.41, 5.74) is 9.81. The number of fused-ring (bicyclic) bond motifs is 1. The predicted octanol–water partition coefficient (Wildman–Crippen LogP) is 2.99. The van der Waals surface area contributed by atoms with Gasteiger partial charge in [0.15, 0.2) is 0 Å². The lowest BCUT2D eigenvalue weighted by Crippen LogP contribution is -2.09. The number of rotatable bonds is 3. The van der Waals surface area contributed by atoms with Crippen LogP contribution in [0.25, 0.3) is 0 Å². The summed E-state index contributed by atoms with van der Waals surface area (Å²) in [6, 6.07) is 15.4. The Morgan fingerprint density at radius 1 is 1.15 bits per heavy atom. The molecule has 0 saturated carbocycles. The van der Waals surface area contributed by atoms with Crippen LogP contribution in [0.2, 0.25) is 0 Å². The topological polar surface area (TPSA) is 52.3 Å². The standard InChI is InChI=1S/C17H17NO2/c18-16-10-9-13-14(16)7-4-8-15(13)17(19)20-11-12-5-2-1-3-6-12/h1-8,16H,9-11,18H2/t16-/m0/s1. The zero-order chi connectivity index (χ0) is 13.9. The predicted molar refractivity (Wildman–Crippen MR) is 77.3 cm³/mol. The summed E-state index contributed by atoms with van der Waals surface area (Å²) >= 11 is 0. The molecule has 1 aliphatic rings. The van der Waals surface area contributed by atoms with Gasteiger partial charge in [-0.25, -0.2) is 4.79 Å². The number of nitrogens with two attached hydrogens (primary N) is 1. The molecule has 2 N–H and O–H groups in total. The zero-order valence-corrected chi connectivity index (χ0v) is 11.2. The van der Waals surface area contributed by atoms with E-state index in [2.05, 4.69) is 0 Å². The van der Waals surface area contributed by atoms with Crippen LogP contribution in [-0.4, -0.2) is 5.97 Å². The van der Waals surface area contributed by atoms with E-state index in [1.165, 1.54) is 0 Å². The fourth-order valence-corrected chi connectivity index (χ4v) is 2.68. The Bertz CT molecular complexity index is 622. The van der Waals surface area contributed by atoms with E-state index in [1.807, 2.05) is 48.5 Å². The van der Waals surface area contributed by atoms with Crippen molar-refractivity contribution in [3.8, 4) is 0 Å². The van der Waals surface area contributed by atoms with Crippen molar-refractivity contribution in [2.75, 3.05) is 0 Å². The van der Waals surface area contributed by atoms with Gasteiger partial charge in [-0.05, 0) is 35.6 Å². The first-order valence-electron chi connectivity index (χ1n) is 6.84. The van der Waals surface area contributed by atoms with Crippen LogP contribution in [0.1, 0.15) is 39.5 Å². The molecule has 0 saturated heterocycles. The van der Waals surface area contributed by atoms with Crippen molar-refractivity contribution in [3.63, 3.8) is 0 Å². The normalized spacial score (nSPS) is 16.8. The summed E-state index contributed by atoms with van der Waals surface area (Å²) in [7, 11) is 0. The molecule has 20 heavy (non-hydrogen) atoms. The first-order chi connectivity index (χ1) is 9.75. The molecular formula is C17H17NO2. The highest BCUT2D eigenvalue weighted by molar-refractivity contribution is 5.91. The smallest absolute Gasteiger partial charge is 0.338 e. The molecule has 2 aromatic carbocycles. The lowest BCUT2D eigenvalue weighted by atomic mass is 10.0. The highest BCUT2D eigenvalue weighted by Crippen LogP contribution is 2.31. The van der Waals surface area contributed by atoms with Crippen molar-refractivity contribution in [1.82, 2.24) is 0 Å². The van der Waals surface area contributed by atoms with Gasteiger partial charge in [-0.2, -0.15) is 0 Å². The average Bonchev–Trinajstić information content (AvgIpc) is 2.87. The van der Waals surface area contributed by atoms with Gasteiger partial charge >= 0.3 is 5.97 Å². The summed E-state index contributed by atoms with van der Waals surface area (Å²) in [5, 5.41) is 0. The van der Waals surface area contributed by atoms with Crippen molar-refractivity contribution in [2.45, 2.75) is 25.5 Å². The van der Waals surface area contributed by atoms with Gasteiger partial charge in [-0.1, -0.05) is 42.5 Å². The molecule has 2 aromatic rings. The van der Waals surface area contributed by atoms with E-state index in [0.29, 0.717) is 12.2 Å². The van der Waals surface area contributed by atoms with E-state index in [9.17, 15) is 4.79 Å². The minimum absolute atomic E-state index is 0.0480. The molecule has 3 heteroatoms. The average molecular weight is 267 g/mol. The van der Waals surface area contributed by atoms with Gasteiger partial charge in [0.1, 0.15) is 6.61 Å². The lowest BCUT2D eigenvalue weighted by molar-refractivity contribution is 0.0471. The summed E-state index contributed by atoms with van der Waals surface area (Å²) in [5.74, 6) is -0.264. The number of benzene rings is 2. The van der Waals surface area contributed by atoms with Gasteiger partial charge < -0.3 is 10.5 Å². The van der Waals surface area contributed by atoms with Gasteiger partial charge in [0, 0.05) is 6.04 Å². The van der Waals surface area contributed by atoms with Crippen LogP contribution >= 0.6 is 0 Å². The third-order valence-corrected chi connectivity index (χ3v) is 3.75. The number of carbonyl (C=O) groups is 1. The molecule has 3 nitrogen and oxygen atoms in total. The molecule has 0 aliphatic heterocycles. The highest BCUT2D eigenvalue weighted by Gasteiger charge is 2.24. The van der Waals surface area contributed by atoms with E-state index in [1.54, 1.807) is 0 Å². The summed E-state index contributed by atoms with van der Waals surface area (Å²) in [6.45, 7) is 0.301. The minimum Gasteiger partial charge on any atom is -0.457 e. The Labute approximate surface area is 118 Å². The first kappa shape index (κ1) is 12.9. The second kappa shape index (κ2) is 5.47. The molecule has 0 heterocycles. The Hall–Kier alpha value is -2.13. The SMILES string of the molecule is N[C@H]1CCc2c(C(=O)OCc3ccccc3)cccc21. The van der Waals surface area contributed by atoms with Crippen LogP contribution in [0.15, 0.2) is 48.5 Å². The zero-order valence-electron chi connectivity index (χ0n) is 11.2. The van der Waals surface area contributed by atoms with Crippen molar-refractivity contribution < 1.29 is 9.53 Å². The molecule has 0 spiro atoms. The molecule has 3 rings (SSSR count). The third kappa shape index (κ3) is 2.45. The van der Waals surface area contributed by atoms with Gasteiger partial charge in [-0.15, -0.1) is 0 Å². The van der Waals surface area contributed by atoms with E-state index in [4.69, 9.17) is 10.5 Å². The molecule has 0 unspecified atom stereocenters. The van der Waals surface area contributed by atoms with Crippen LogP contribution < -0.4 is 5.73 Å². The molecule has 0 aromatic heterocycles. The number of ether oxygens (including phenoxy) is 1. The van der Waals surface area contributed by atoms with E-state index < -0.39 is 0 Å². The van der Waals surface area contributed by atoms with Crippen LogP contribution in [-0.2, 0) is 17.8 Å². The molecule has 0 bridgehead atoms. The van der Waals surface area contributed by atoms with E-state index in [-0.39, 0.29) is 12.0 Å². The fourth-order valence-electron chi connectivity index (χ4n) is 2.68. The number of hydrogen-bond donors (Lipinski definition) is 1. The lowest BCUT2D eigenvalue weighted by Gasteiger charge is -2.10. The quantitative estimate of drug-likeness (QED) is 0.870. The summed E-state index contributed by atoms with van der Waals surface area (Å²) in [4.78, 5) is 12.2. The van der Waals surface area contributed by atoms with Gasteiger partial charge in [0.2, 0.25) is 0 Å². The molecule has 102 valence electrons. The molecule has 1 aliphatic carbocycles. The molecule has 1 atom stereocenters. The Kier molecular flexibility index (Phi) is 3.52. The first-order valence-corrected chi connectivity index (χ1v) is 6.84. The van der Waals surface area contributed by atoms with Crippen molar-refractivity contribution in [3.05, 3.63) is 70.8 Å². The molecular weight excluding hydrogens is 250 g/mol. The monoisotopic (exact) mass is 267 g/mol. The Morgan fingerprint density at radius 2 is 1.95 bits per heavy atom. The highest BCUT2D eigenvalue weighted by atomic mass is 16.5. The van der Waals surface area contributed by atoms with Crippen molar-refractivity contribution in [2.24, 2.45) is 5.73 Å². The van der Waals surface area contributed by atoms with Crippen LogP contribution in [0.4, 0.5) is 0 Å². The molecule has 0 fully saturated rings. The largest absolute Gasteiger partial charge is 0.457 e. The Balaban J connectivity index is 1.75. The van der Waals surface area contributed by atoms with Gasteiger partial charge in [-0.3, -0.25) is 0 Å². The van der Waals surface area contributed by atoms with Crippen LogP contribution in [0.5, 0.6) is 0 Å². The second-order valence-corrected chi connectivity index (χ2v) is 5.08. The number of hydrogen-bond acceptors (Lipinski definition) is 3. The van der Waals surface area contributed by atoms with Gasteiger partial charge in [0.05, 0.1) is 5.56 Å². The summed E-state index contributed by atoms with van der Waals surface area (Å²) < 4.78 is 5.39. The minimum atomic E-state index is -0.264. The number of esters is 1. The maximum absolute atomic E-state index is 12.2. The fraction of sp³-hybridized carbons (Fsp3) is 0.235. The Morgan fingerprint density at radius 3 is 2.75 bits per heavy atom. The summed E-state index contributed by atoms with van der Waals surface area (Å²) in [6.07, 6.45) is 1.76. The van der Waals surface area contributed by atoms with E-state index in [0.717, 1.165) is 29.5 Å². The van der Waals surface area contributed by atoms with E-state index >= 15 is 0 Å². The van der Waals surface area contributed by atoms with Crippen LogP contribution in [0.3, 0.4) is 0 Å². The van der Waals surface area contributed by atoms with Crippen molar-refractivity contribution in [1.29, 1.82) is 0 Å². The van der Waals surface area contributed by atoms with Crippen molar-refractivity contribution >= 4 is 5.97 Å². The maximum Gasteiger partial charge on any atom is 0.338 e. The molecule has 0 radical (unpaired) electrons. The van der Waals surface area contributed by atoms with Crippen LogP contribution in [0, 0.1) is 0 Å². The molecule has 0 amide bonds. The van der Waals surface area contributed by atoms with Gasteiger partial charge in [0.25, 0.3) is 0 Å². The maximum atomic E-state index is 12.2. The second-order valence-electron chi connectivity index (χ2n) is 5.08. The number of carbonyl (C=O) groups excluding carboxylic acids is 1. The third-order valence-electron chi connectivity index (χ3n) is 3.75.